The van der Waals surface area contributed by atoms with E-state index in [-0.39, 0.29) is 23.2 Å². The SMILES string of the molecule is COc1ccc([C@H]2COc3cc(O)c(Cc4oc5cc(OC)c(O)cc5c4-c4ccccc4)cc3C2)c(O)c1. The number of phenolic OH excluding ortho intramolecular Hbond substituents is 3. The molecule has 2 heterocycles. The Morgan fingerprint density at radius 3 is 2.41 bits per heavy atom. The van der Waals surface area contributed by atoms with Crippen molar-refractivity contribution in [2.24, 2.45) is 0 Å². The van der Waals surface area contributed by atoms with Crippen LogP contribution in [-0.4, -0.2) is 36.1 Å². The van der Waals surface area contributed by atoms with E-state index < -0.39 is 0 Å². The van der Waals surface area contributed by atoms with Crippen LogP contribution in [0.4, 0.5) is 0 Å². The molecule has 1 atom stereocenters. The number of benzene rings is 4. The lowest BCUT2D eigenvalue weighted by atomic mass is 9.88. The summed E-state index contributed by atoms with van der Waals surface area (Å²) in [4.78, 5) is 0. The van der Waals surface area contributed by atoms with Gasteiger partial charge in [0.25, 0.3) is 0 Å². The van der Waals surface area contributed by atoms with Gasteiger partial charge in [-0.3, -0.25) is 0 Å². The van der Waals surface area contributed by atoms with E-state index in [0.29, 0.717) is 53.6 Å². The molecule has 7 heteroatoms. The molecular weight excluding hydrogens is 496 g/mol. The Balaban J connectivity index is 1.39. The minimum absolute atomic E-state index is 0.0242. The van der Waals surface area contributed by atoms with Crippen LogP contribution in [0, 0.1) is 0 Å². The fourth-order valence-electron chi connectivity index (χ4n) is 5.36. The first-order chi connectivity index (χ1) is 18.9. The number of aromatic hydroxyl groups is 3. The summed E-state index contributed by atoms with van der Waals surface area (Å²) in [5, 5.41) is 32.7. The number of phenols is 3. The third-order valence-corrected chi connectivity index (χ3v) is 7.32. The van der Waals surface area contributed by atoms with Crippen molar-refractivity contribution in [2.75, 3.05) is 20.8 Å². The summed E-state index contributed by atoms with van der Waals surface area (Å²) in [7, 11) is 3.06. The lowest BCUT2D eigenvalue weighted by molar-refractivity contribution is 0.258. The number of ether oxygens (including phenoxy) is 3. The number of methoxy groups -OCH3 is 2. The molecule has 0 unspecified atom stereocenters. The normalized spacial score (nSPS) is 14.6. The minimum Gasteiger partial charge on any atom is -0.508 e. The highest BCUT2D eigenvalue weighted by Gasteiger charge is 2.26. The molecule has 7 nitrogen and oxygen atoms in total. The highest BCUT2D eigenvalue weighted by molar-refractivity contribution is 5.97. The standard InChI is InChI=1S/C32H28O7/c1-36-22-8-9-23(26(34)13-22)21-11-20-10-19(25(33)15-28(20)38-17-21)12-31-32(18-6-4-3-5-7-18)24-14-27(35)30(37-2)16-29(24)39-31/h3-10,13-16,21,33-35H,11-12,17H2,1-2H3/t21-/m1/s1. The first-order valence-electron chi connectivity index (χ1n) is 12.7. The third-order valence-electron chi connectivity index (χ3n) is 7.32. The van der Waals surface area contributed by atoms with Crippen molar-refractivity contribution in [1.82, 2.24) is 0 Å². The molecule has 5 aromatic rings. The number of furan rings is 1. The van der Waals surface area contributed by atoms with Gasteiger partial charge >= 0.3 is 0 Å². The molecular formula is C32H28O7. The fourth-order valence-corrected chi connectivity index (χ4v) is 5.36. The molecule has 1 aliphatic rings. The van der Waals surface area contributed by atoms with Crippen molar-refractivity contribution in [2.45, 2.75) is 18.8 Å². The van der Waals surface area contributed by atoms with E-state index in [2.05, 4.69) is 0 Å². The second-order valence-electron chi connectivity index (χ2n) is 9.69. The smallest absolute Gasteiger partial charge is 0.164 e. The monoisotopic (exact) mass is 524 g/mol. The van der Waals surface area contributed by atoms with Crippen LogP contribution in [0.3, 0.4) is 0 Å². The van der Waals surface area contributed by atoms with E-state index >= 15 is 0 Å². The van der Waals surface area contributed by atoms with Crippen molar-refractivity contribution in [3.05, 3.63) is 95.2 Å². The van der Waals surface area contributed by atoms with Crippen LogP contribution in [0.5, 0.6) is 34.5 Å². The Bertz CT molecular complexity index is 1670. The van der Waals surface area contributed by atoms with Gasteiger partial charge in [0.2, 0.25) is 0 Å². The van der Waals surface area contributed by atoms with E-state index in [1.54, 1.807) is 31.4 Å². The molecule has 0 radical (unpaired) electrons. The quantitative estimate of drug-likeness (QED) is 0.232. The molecule has 0 amide bonds. The summed E-state index contributed by atoms with van der Waals surface area (Å²) >= 11 is 0. The van der Waals surface area contributed by atoms with E-state index in [0.717, 1.165) is 27.6 Å². The lowest BCUT2D eigenvalue weighted by Gasteiger charge is -2.27. The molecule has 4 aromatic carbocycles. The van der Waals surface area contributed by atoms with Crippen molar-refractivity contribution in [3.8, 4) is 45.6 Å². The van der Waals surface area contributed by atoms with Crippen LogP contribution < -0.4 is 14.2 Å². The summed E-state index contributed by atoms with van der Waals surface area (Å²) in [5.41, 5.74) is 4.77. The summed E-state index contributed by atoms with van der Waals surface area (Å²) < 4.78 is 22.8. The number of hydrogen-bond acceptors (Lipinski definition) is 7. The molecule has 0 spiro atoms. The van der Waals surface area contributed by atoms with Crippen LogP contribution in [0.15, 0.2) is 77.2 Å². The van der Waals surface area contributed by atoms with E-state index in [1.165, 1.54) is 7.11 Å². The summed E-state index contributed by atoms with van der Waals surface area (Å²) in [6.07, 6.45) is 0.957. The van der Waals surface area contributed by atoms with Gasteiger partial charge in [-0.15, -0.1) is 0 Å². The second kappa shape index (κ2) is 9.83. The van der Waals surface area contributed by atoms with Gasteiger partial charge in [-0.1, -0.05) is 36.4 Å². The molecule has 1 aromatic heterocycles. The van der Waals surface area contributed by atoms with Crippen LogP contribution in [-0.2, 0) is 12.8 Å². The maximum Gasteiger partial charge on any atom is 0.164 e. The zero-order chi connectivity index (χ0) is 27.1. The van der Waals surface area contributed by atoms with E-state index in [9.17, 15) is 15.3 Å². The molecule has 39 heavy (non-hydrogen) atoms. The Kier molecular flexibility index (Phi) is 6.19. The van der Waals surface area contributed by atoms with Crippen LogP contribution in [0.2, 0.25) is 0 Å². The molecule has 3 N–H and O–H groups in total. The minimum atomic E-state index is -0.0534. The fraction of sp³-hybridized carbons (Fsp3) is 0.188. The highest BCUT2D eigenvalue weighted by Crippen LogP contribution is 2.44. The Hall–Kier alpha value is -4.78. The number of hydrogen-bond donors (Lipinski definition) is 3. The molecule has 0 bridgehead atoms. The van der Waals surface area contributed by atoms with Gasteiger partial charge in [-0.2, -0.15) is 0 Å². The topological polar surface area (TPSA) is 102 Å². The molecule has 6 rings (SSSR count). The van der Waals surface area contributed by atoms with Gasteiger partial charge in [0, 0.05) is 52.6 Å². The average Bonchev–Trinajstić information content (AvgIpc) is 3.29. The first-order valence-corrected chi connectivity index (χ1v) is 12.7. The molecule has 198 valence electrons. The third kappa shape index (κ3) is 4.46. The molecule has 1 aliphatic heterocycles. The average molecular weight is 525 g/mol. The summed E-state index contributed by atoms with van der Waals surface area (Å²) in [6, 6.07) is 22.0. The van der Waals surface area contributed by atoms with Crippen molar-refractivity contribution in [1.29, 1.82) is 0 Å². The Morgan fingerprint density at radius 1 is 0.846 bits per heavy atom. The van der Waals surface area contributed by atoms with Gasteiger partial charge in [0.15, 0.2) is 11.5 Å². The van der Waals surface area contributed by atoms with E-state index in [1.807, 2.05) is 48.5 Å². The maximum absolute atomic E-state index is 10.9. The van der Waals surface area contributed by atoms with E-state index in [4.69, 9.17) is 18.6 Å². The van der Waals surface area contributed by atoms with Crippen LogP contribution in [0.25, 0.3) is 22.1 Å². The largest absolute Gasteiger partial charge is 0.508 e. The van der Waals surface area contributed by atoms with Crippen molar-refractivity contribution in [3.63, 3.8) is 0 Å². The maximum atomic E-state index is 10.9. The van der Waals surface area contributed by atoms with Gasteiger partial charge in [-0.25, -0.2) is 0 Å². The summed E-state index contributed by atoms with van der Waals surface area (Å²) in [6.45, 7) is 0.388. The van der Waals surface area contributed by atoms with Gasteiger partial charge in [-0.05, 0) is 35.7 Å². The predicted molar refractivity (Wildman–Crippen MR) is 147 cm³/mol. The first kappa shape index (κ1) is 24.6. The number of rotatable bonds is 6. The number of fused-ring (bicyclic) bond motifs is 2. The lowest BCUT2D eigenvalue weighted by Crippen LogP contribution is -2.19. The summed E-state index contributed by atoms with van der Waals surface area (Å²) in [5.74, 6) is 2.44. The van der Waals surface area contributed by atoms with Crippen molar-refractivity contribution < 1.29 is 33.9 Å². The van der Waals surface area contributed by atoms with Gasteiger partial charge in [0.05, 0.1) is 20.8 Å². The highest BCUT2D eigenvalue weighted by atomic mass is 16.5. The Morgan fingerprint density at radius 2 is 1.67 bits per heavy atom. The van der Waals surface area contributed by atoms with Crippen molar-refractivity contribution >= 4 is 11.0 Å². The zero-order valence-electron chi connectivity index (χ0n) is 21.6. The molecule has 0 aliphatic carbocycles. The predicted octanol–water partition coefficient (Wildman–Crippen LogP) is 6.54. The van der Waals surface area contributed by atoms with Gasteiger partial charge in [0.1, 0.15) is 34.3 Å². The van der Waals surface area contributed by atoms with Crippen LogP contribution >= 0.6 is 0 Å². The molecule has 0 saturated heterocycles. The van der Waals surface area contributed by atoms with Crippen LogP contribution in [0.1, 0.15) is 28.4 Å². The Labute approximate surface area is 225 Å². The zero-order valence-corrected chi connectivity index (χ0v) is 21.6. The molecule has 0 saturated carbocycles. The molecule has 0 fully saturated rings. The second-order valence-corrected chi connectivity index (χ2v) is 9.69. The van der Waals surface area contributed by atoms with Gasteiger partial charge < -0.3 is 33.9 Å².